The second-order valence-electron chi connectivity index (χ2n) is 2.91. The largest absolute Gasteiger partial charge is 0.500 e. The van der Waals surface area contributed by atoms with Crippen LogP contribution in [0.25, 0.3) is 0 Å². The molecular weight excluding hydrogens is 218 g/mol. The lowest BCUT2D eigenvalue weighted by atomic mass is 10.4. The molecular formula is C8H19NO5Si. The monoisotopic (exact) mass is 237 g/mol. The molecule has 0 aliphatic rings. The van der Waals surface area contributed by atoms with Crippen LogP contribution in [-0.2, 0) is 18.1 Å². The van der Waals surface area contributed by atoms with Gasteiger partial charge in [-0.05, 0) is 6.42 Å². The van der Waals surface area contributed by atoms with Crippen molar-refractivity contribution < 1.29 is 23.2 Å². The highest BCUT2D eigenvalue weighted by molar-refractivity contribution is 6.60. The number of amides is 1. The van der Waals surface area contributed by atoms with Crippen molar-refractivity contribution in [3.8, 4) is 0 Å². The van der Waals surface area contributed by atoms with Crippen LogP contribution < -0.4 is 5.32 Å². The Bertz CT molecular complexity index is 178. The first-order valence-electron chi connectivity index (χ1n) is 4.67. The van der Waals surface area contributed by atoms with Crippen molar-refractivity contribution in [1.29, 1.82) is 0 Å². The molecule has 0 rings (SSSR count). The fraction of sp³-hybridized carbons (Fsp3) is 0.875. The third-order valence-electron chi connectivity index (χ3n) is 2.06. The number of hydrogen-bond acceptors (Lipinski definition) is 5. The fourth-order valence-electron chi connectivity index (χ4n) is 1.14. The fourth-order valence-corrected chi connectivity index (χ4v) is 2.87. The second kappa shape index (κ2) is 7.77. The molecule has 0 aromatic carbocycles. The number of rotatable bonds is 8. The number of carbonyl (C=O) groups excluding carboxylic acids is 1. The molecule has 0 aliphatic heterocycles. The predicted molar refractivity (Wildman–Crippen MR) is 56.3 cm³/mol. The van der Waals surface area contributed by atoms with Crippen LogP contribution in [0.4, 0.5) is 0 Å². The first-order valence-corrected chi connectivity index (χ1v) is 6.60. The predicted octanol–water partition coefficient (Wildman–Crippen LogP) is -0.637. The molecule has 90 valence electrons. The van der Waals surface area contributed by atoms with Gasteiger partial charge in [0.25, 0.3) is 0 Å². The van der Waals surface area contributed by atoms with Crippen molar-refractivity contribution in [2.24, 2.45) is 0 Å². The summed E-state index contributed by atoms with van der Waals surface area (Å²) in [5.41, 5.74) is 0. The van der Waals surface area contributed by atoms with Gasteiger partial charge < -0.3 is 23.7 Å². The van der Waals surface area contributed by atoms with Gasteiger partial charge in [0.1, 0.15) is 6.61 Å². The van der Waals surface area contributed by atoms with E-state index in [4.69, 9.17) is 18.4 Å². The summed E-state index contributed by atoms with van der Waals surface area (Å²) >= 11 is 0. The van der Waals surface area contributed by atoms with Crippen LogP contribution >= 0.6 is 0 Å². The normalized spacial score (nSPS) is 11.5. The number of aliphatic hydroxyl groups is 1. The van der Waals surface area contributed by atoms with E-state index in [1.54, 1.807) is 21.3 Å². The van der Waals surface area contributed by atoms with E-state index in [2.05, 4.69) is 5.32 Å². The van der Waals surface area contributed by atoms with Gasteiger partial charge in [-0.1, -0.05) is 0 Å². The van der Waals surface area contributed by atoms with Gasteiger partial charge in [0.15, 0.2) is 0 Å². The molecule has 2 N–H and O–H groups in total. The SMILES string of the molecule is CO[Si](CCCNC(=O)CO)(OC)OC. The molecule has 0 aromatic heterocycles. The zero-order valence-corrected chi connectivity index (χ0v) is 10.4. The Morgan fingerprint density at radius 3 is 2.20 bits per heavy atom. The third kappa shape index (κ3) is 5.24. The third-order valence-corrected chi connectivity index (χ3v) is 4.89. The van der Waals surface area contributed by atoms with Gasteiger partial charge in [0, 0.05) is 33.9 Å². The average Bonchev–Trinajstić information content (AvgIpc) is 2.30. The first kappa shape index (κ1) is 14.5. The van der Waals surface area contributed by atoms with Crippen molar-refractivity contribution in [2.45, 2.75) is 12.5 Å². The summed E-state index contributed by atoms with van der Waals surface area (Å²) in [6.07, 6.45) is 0.688. The molecule has 0 unspecified atom stereocenters. The molecule has 0 fully saturated rings. The van der Waals surface area contributed by atoms with E-state index >= 15 is 0 Å². The minimum Gasteiger partial charge on any atom is -0.387 e. The minimum atomic E-state index is -2.51. The molecule has 0 spiro atoms. The van der Waals surface area contributed by atoms with Crippen LogP contribution in [0, 0.1) is 0 Å². The standard InChI is InChI=1S/C8H19NO5Si/c1-12-15(13-2,14-3)6-4-5-9-8(11)7-10/h10H,4-7H2,1-3H3,(H,9,11). The molecule has 0 heterocycles. The molecule has 0 aliphatic carbocycles. The Balaban J connectivity index is 3.76. The van der Waals surface area contributed by atoms with Crippen LogP contribution in [-0.4, -0.2) is 54.3 Å². The lowest BCUT2D eigenvalue weighted by Gasteiger charge is -2.24. The summed E-state index contributed by atoms with van der Waals surface area (Å²) in [6, 6.07) is 0.627. The molecule has 0 atom stereocenters. The van der Waals surface area contributed by atoms with E-state index in [0.29, 0.717) is 19.0 Å². The summed E-state index contributed by atoms with van der Waals surface area (Å²) in [4.78, 5) is 10.7. The molecule has 0 saturated heterocycles. The Hall–Kier alpha value is -0.473. The number of aliphatic hydroxyl groups excluding tert-OH is 1. The maximum Gasteiger partial charge on any atom is 0.500 e. The van der Waals surface area contributed by atoms with Crippen LogP contribution in [0.15, 0.2) is 0 Å². The summed E-state index contributed by atoms with van der Waals surface area (Å²) in [5.74, 6) is -0.380. The number of carbonyl (C=O) groups is 1. The molecule has 6 nitrogen and oxygen atoms in total. The first-order chi connectivity index (χ1) is 7.14. The van der Waals surface area contributed by atoms with Gasteiger partial charge in [-0.2, -0.15) is 0 Å². The Morgan fingerprint density at radius 1 is 1.27 bits per heavy atom. The molecule has 7 heteroatoms. The molecule has 0 saturated carbocycles. The van der Waals surface area contributed by atoms with Crippen LogP contribution in [0.2, 0.25) is 6.04 Å². The topological polar surface area (TPSA) is 77.0 Å². The van der Waals surface area contributed by atoms with E-state index in [9.17, 15) is 4.79 Å². The highest BCUT2D eigenvalue weighted by Crippen LogP contribution is 2.14. The smallest absolute Gasteiger partial charge is 0.387 e. The average molecular weight is 237 g/mol. The molecule has 0 aromatic rings. The maximum absolute atomic E-state index is 10.7. The molecule has 0 radical (unpaired) electrons. The van der Waals surface area contributed by atoms with Gasteiger partial charge in [-0.3, -0.25) is 4.79 Å². The van der Waals surface area contributed by atoms with Gasteiger partial charge in [0.05, 0.1) is 0 Å². The highest BCUT2D eigenvalue weighted by atomic mass is 28.4. The van der Waals surface area contributed by atoms with Crippen molar-refractivity contribution in [3.05, 3.63) is 0 Å². The van der Waals surface area contributed by atoms with E-state index in [1.165, 1.54) is 0 Å². The lowest BCUT2D eigenvalue weighted by molar-refractivity contribution is -0.123. The van der Waals surface area contributed by atoms with Crippen molar-refractivity contribution in [3.63, 3.8) is 0 Å². The summed E-state index contributed by atoms with van der Waals surface area (Å²) < 4.78 is 15.6. The van der Waals surface area contributed by atoms with Gasteiger partial charge in [0.2, 0.25) is 5.91 Å². The van der Waals surface area contributed by atoms with Gasteiger partial charge in [-0.25, -0.2) is 0 Å². The van der Waals surface area contributed by atoms with E-state index in [-0.39, 0.29) is 5.91 Å². The van der Waals surface area contributed by atoms with Crippen LogP contribution in [0.5, 0.6) is 0 Å². The van der Waals surface area contributed by atoms with E-state index < -0.39 is 15.4 Å². The zero-order valence-electron chi connectivity index (χ0n) is 9.41. The quantitative estimate of drug-likeness (QED) is 0.434. The van der Waals surface area contributed by atoms with Gasteiger partial charge in [-0.15, -0.1) is 0 Å². The Morgan fingerprint density at radius 2 is 1.80 bits per heavy atom. The molecule has 1 amide bonds. The summed E-state index contributed by atoms with van der Waals surface area (Å²) in [7, 11) is 2.13. The van der Waals surface area contributed by atoms with E-state index in [0.717, 1.165) is 0 Å². The number of hydrogen-bond donors (Lipinski definition) is 2. The van der Waals surface area contributed by atoms with Gasteiger partial charge >= 0.3 is 8.80 Å². The zero-order chi connectivity index (χ0) is 11.7. The lowest BCUT2D eigenvalue weighted by Crippen LogP contribution is -2.43. The van der Waals surface area contributed by atoms with Crippen molar-refractivity contribution >= 4 is 14.7 Å². The Kier molecular flexibility index (Phi) is 7.53. The molecule has 0 bridgehead atoms. The van der Waals surface area contributed by atoms with Crippen LogP contribution in [0.1, 0.15) is 6.42 Å². The summed E-state index contributed by atoms with van der Waals surface area (Å²) in [5, 5.41) is 11.0. The maximum atomic E-state index is 10.7. The minimum absolute atomic E-state index is 0.380. The van der Waals surface area contributed by atoms with Crippen molar-refractivity contribution in [1.82, 2.24) is 5.32 Å². The van der Waals surface area contributed by atoms with Crippen LogP contribution in [0.3, 0.4) is 0 Å². The number of nitrogens with one attached hydrogen (secondary N) is 1. The summed E-state index contributed by atoms with van der Waals surface area (Å²) in [6.45, 7) is -0.00831. The van der Waals surface area contributed by atoms with E-state index in [1.807, 2.05) is 0 Å². The second-order valence-corrected chi connectivity index (χ2v) is 6.00. The van der Waals surface area contributed by atoms with Crippen molar-refractivity contribution in [2.75, 3.05) is 34.5 Å². The highest BCUT2D eigenvalue weighted by Gasteiger charge is 2.36. The molecule has 15 heavy (non-hydrogen) atoms. The Labute approximate surface area is 90.9 Å².